The summed E-state index contributed by atoms with van der Waals surface area (Å²) in [5.41, 5.74) is -1.35. The van der Waals surface area contributed by atoms with Crippen LogP contribution in [0.25, 0.3) is 0 Å². The van der Waals surface area contributed by atoms with Gasteiger partial charge in [-0.05, 0) is 48.3 Å². The predicted octanol–water partition coefficient (Wildman–Crippen LogP) is 0.978. The molecule has 4 saturated carbocycles. The summed E-state index contributed by atoms with van der Waals surface area (Å²) in [4.78, 5) is 23.3. The zero-order chi connectivity index (χ0) is 21.6. The van der Waals surface area contributed by atoms with Gasteiger partial charge in [-0.15, -0.1) is 0 Å². The van der Waals surface area contributed by atoms with Gasteiger partial charge in [-0.3, -0.25) is 9.59 Å². The van der Waals surface area contributed by atoms with E-state index in [1.807, 2.05) is 0 Å². The number of ketones is 2. The third-order valence-corrected chi connectivity index (χ3v) is 12.1. The van der Waals surface area contributed by atoms with Crippen LogP contribution >= 0.6 is 0 Å². The molecule has 4 bridgehead atoms. The molecule has 0 aromatic heterocycles. The fourth-order valence-electron chi connectivity index (χ4n) is 6.44. The Kier molecular flexibility index (Phi) is 6.39. The summed E-state index contributed by atoms with van der Waals surface area (Å²) >= 11 is 0. The fraction of sp³-hybridized carbons (Fsp3) is 0.889. The Morgan fingerprint density at radius 3 is 1.10 bits per heavy atom. The third-order valence-electron chi connectivity index (χ3n) is 8.43. The molecule has 0 saturated heterocycles. The Labute approximate surface area is 202 Å². The Hall–Kier alpha value is 0.420. The summed E-state index contributed by atoms with van der Waals surface area (Å²) in [5, 5.41) is 0. The van der Waals surface area contributed by atoms with Gasteiger partial charge in [0.05, 0.1) is 0 Å². The zero-order valence-corrected chi connectivity index (χ0v) is 21.0. The second-order valence-corrected chi connectivity index (χ2v) is 12.9. The van der Waals surface area contributed by atoms with Crippen LogP contribution in [0.2, 0.25) is 0 Å². The summed E-state index contributed by atoms with van der Waals surface area (Å²) in [6.07, 6.45) is 2.31. The van der Waals surface area contributed by atoms with E-state index in [-0.39, 0.29) is 86.8 Å². The van der Waals surface area contributed by atoms with Crippen LogP contribution in [0, 0.1) is 22.7 Å². The van der Waals surface area contributed by atoms with Gasteiger partial charge in [-0.1, -0.05) is 27.7 Å². The maximum absolute atomic E-state index is 11.6. The zero-order valence-electron chi connectivity index (χ0n) is 17.2. The predicted molar refractivity (Wildman–Crippen MR) is 103 cm³/mol. The molecule has 0 aromatic carbocycles. The molecular weight excluding hydrogens is 448 g/mol. The van der Waals surface area contributed by atoms with Crippen LogP contribution in [-0.4, -0.2) is 84.7 Å². The average molecular weight is 475 g/mol. The van der Waals surface area contributed by atoms with Crippen molar-refractivity contribution >= 4 is 69.5 Å². The van der Waals surface area contributed by atoms with Crippen molar-refractivity contribution in [2.24, 2.45) is 22.7 Å². The van der Waals surface area contributed by atoms with Crippen LogP contribution in [0.1, 0.15) is 66.2 Å². The number of rotatable bonds is 2. The third kappa shape index (κ3) is 3.07. The normalized spacial score (nSPS) is 39.1. The number of fused-ring (bicyclic) bond motifs is 4. The van der Waals surface area contributed by atoms with Crippen LogP contribution in [0.5, 0.6) is 0 Å². The van der Waals surface area contributed by atoms with Gasteiger partial charge in [0.1, 0.15) is 29.7 Å². The first kappa shape index (κ1) is 25.7. The van der Waals surface area contributed by atoms with Crippen molar-refractivity contribution in [3.05, 3.63) is 0 Å². The molecule has 0 aromatic rings. The van der Waals surface area contributed by atoms with Crippen molar-refractivity contribution in [2.45, 2.75) is 75.7 Å². The molecular formula is C18H26CaO8S2. The molecule has 4 rings (SSSR count). The van der Waals surface area contributed by atoms with E-state index in [9.17, 15) is 35.5 Å². The molecule has 0 heterocycles. The van der Waals surface area contributed by atoms with E-state index in [0.717, 1.165) is 0 Å². The van der Waals surface area contributed by atoms with Gasteiger partial charge in [0.15, 0.2) is 11.6 Å². The standard InChI is InChI=1S/2C9H14O4S.Ca/c2*1-8(2)6-3-4-9(8,7(10)5-6)14(11,12)13;/h2*6H,3-5H2,1-2H3,(H,11,12,13);/q;;+2/p-2. The van der Waals surface area contributed by atoms with Gasteiger partial charge in [0.25, 0.3) is 0 Å². The van der Waals surface area contributed by atoms with Crippen LogP contribution in [0.3, 0.4) is 0 Å². The Bertz CT molecular complexity index is 874. The van der Waals surface area contributed by atoms with E-state index in [2.05, 4.69) is 0 Å². The van der Waals surface area contributed by atoms with Crippen LogP contribution in [-0.2, 0) is 29.8 Å². The largest absolute Gasteiger partial charge is 2.00 e. The molecule has 4 fully saturated rings. The molecule has 29 heavy (non-hydrogen) atoms. The molecule has 0 N–H and O–H groups in total. The summed E-state index contributed by atoms with van der Waals surface area (Å²) in [6.45, 7) is 6.91. The Balaban J connectivity index is 0.000000200. The molecule has 0 radical (unpaired) electrons. The number of hydrogen-bond donors (Lipinski definition) is 0. The average Bonchev–Trinajstić information content (AvgIpc) is 3.07. The minimum absolute atomic E-state index is 0. The van der Waals surface area contributed by atoms with Crippen LogP contribution in [0.4, 0.5) is 0 Å². The molecule has 11 heteroatoms. The van der Waals surface area contributed by atoms with Crippen molar-refractivity contribution in [2.75, 3.05) is 0 Å². The first-order valence-electron chi connectivity index (χ1n) is 9.44. The minimum atomic E-state index is -4.53. The molecule has 8 nitrogen and oxygen atoms in total. The minimum Gasteiger partial charge on any atom is -0.747 e. The molecule has 0 amide bonds. The summed E-state index contributed by atoms with van der Waals surface area (Å²) in [6, 6.07) is 0. The quantitative estimate of drug-likeness (QED) is 0.425. The van der Waals surface area contributed by atoms with Gasteiger partial charge >= 0.3 is 37.7 Å². The summed E-state index contributed by atoms with van der Waals surface area (Å²) in [7, 11) is -9.06. The van der Waals surface area contributed by atoms with Crippen LogP contribution < -0.4 is 0 Å². The van der Waals surface area contributed by atoms with Gasteiger partial charge in [0, 0.05) is 12.8 Å². The van der Waals surface area contributed by atoms with E-state index in [4.69, 9.17) is 0 Å². The Morgan fingerprint density at radius 1 is 0.724 bits per heavy atom. The SMILES string of the molecule is CC1(C)C2CCC1(S(=O)(=O)[O-])C(=O)C2.CC1(C)C2CCC1(S(=O)(=O)[O-])C(=O)C2.[Ca+2]. The maximum Gasteiger partial charge on any atom is 2.00 e. The second kappa shape index (κ2) is 7.21. The summed E-state index contributed by atoms with van der Waals surface area (Å²) in [5.74, 6) is -0.597. The van der Waals surface area contributed by atoms with Crippen molar-refractivity contribution in [3.63, 3.8) is 0 Å². The first-order chi connectivity index (χ1) is 12.5. The summed E-state index contributed by atoms with van der Waals surface area (Å²) < 4.78 is 64.3. The smallest absolute Gasteiger partial charge is 0.747 e. The number of Topliss-reactive ketones (excluding diaryl/α,β-unsaturated/α-hetero) is 2. The van der Waals surface area contributed by atoms with Gasteiger partial charge < -0.3 is 9.11 Å². The molecule has 4 atom stereocenters. The molecule has 160 valence electrons. The van der Waals surface area contributed by atoms with E-state index in [1.54, 1.807) is 27.7 Å². The first-order valence-corrected chi connectivity index (χ1v) is 12.3. The topological polar surface area (TPSA) is 149 Å². The molecule has 0 aliphatic heterocycles. The second-order valence-electron chi connectivity index (χ2n) is 9.73. The van der Waals surface area contributed by atoms with Gasteiger partial charge in [-0.25, -0.2) is 16.8 Å². The molecule has 4 aliphatic rings. The van der Waals surface area contributed by atoms with Gasteiger partial charge in [-0.2, -0.15) is 0 Å². The van der Waals surface area contributed by atoms with Gasteiger partial charge in [0.2, 0.25) is 0 Å². The van der Waals surface area contributed by atoms with E-state index >= 15 is 0 Å². The van der Waals surface area contributed by atoms with Crippen molar-refractivity contribution in [1.82, 2.24) is 0 Å². The van der Waals surface area contributed by atoms with Crippen LogP contribution in [0.15, 0.2) is 0 Å². The molecule has 4 aliphatic carbocycles. The van der Waals surface area contributed by atoms with E-state index < -0.39 is 40.6 Å². The molecule has 4 unspecified atom stereocenters. The maximum atomic E-state index is 11.6. The van der Waals surface area contributed by atoms with Crippen molar-refractivity contribution in [1.29, 1.82) is 0 Å². The number of carbonyl (C=O) groups is 2. The Morgan fingerprint density at radius 2 is 1.00 bits per heavy atom. The van der Waals surface area contributed by atoms with E-state index in [1.165, 1.54) is 0 Å². The van der Waals surface area contributed by atoms with Crippen molar-refractivity contribution in [3.8, 4) is 0 Å². The van der Waals surface area contributed by atoms with E-state index in [0.29, 0.717) is 12.8 Å². The monoisotopic (exact) mass is 474 g/mol. The molecule has 0 spiro atoms. The van der Waals surface area contributed by atoms with Crippen molar-refractivity contribution < 1.29 is 35.5 Å². The number of carbonyl (C=O) groups excluding carboxylic acids is 2. The fourth-order valence-corrected chi connectivity index (χ4v) is 9.52. The number of hydrogen-bond acceptors (Lipinski definition) is 8.